The summed E-state index contributed by atoms with van der Waals surface area (Å²) in [4.78, 5) is 1.98. The van der Waals surface area contributed by atoms with Crippen molar-refractivity contribution in [1.82, 2.24) is 0 Å². The topological polar surface area (TPSA) is 16.4 Å². The molecule has 27 heavy (non-hydrogen) atoms. The van der Waals surface area contributed by atoms with E-state index in [9.17, 15) is 4.39 Å². The smallest absolute Gasteiger partial charge is 0.204 e. The van der Waals surface area contributed by atoms with Gasteiger partial charge in [-0.05, 0) is 37.6 Å². The zero-order chi connectivity index (χ0) is 19.0. The Hall–Kier alpha value is -3.07. The van der Waals surface area contributed by atoms with Gasteiger partial charge in [-0.25, -0.2) is 4.39 Å². The zero-order valence-electron chi connectivity index (χ0n) is 15.8. The third-order valence-electron chi connectivity index (χ3n) is 4.88. The van der Waals surface area contributed by atoms with Crippen molar-refractivity contribution in [2.75, 3.05) is 11.9 Å². The Labute approximate surface area is 158 Å². The Bertz CT molecular complexity index is 1100. The van der Waals surface area contributed by atoms with E-state index in [0.717, 1.165) is 28.0 Å². The monoisotopic (exact) mass is 359 g/mol. The average Bonchev–Trinajstić information content (AvgIpc) is 3.03. The molecule has 0 unspecified atom stereocenters. The lowest BCUT2D eigenvalue weighted by atomic mass is 10.0. The highest BCUT2D eigenvalue weighted by Crippen LogP contribution is 2.41. The van der Waals surface area contributed by atoms with Crippen molar-refractivity contribution in [3.05, 3.63) is 89.2 Å². The number of fused-ring (bicyclic) bond motifs is 1. The predicted molar refractivity (Wildman–Crippen MR) is 110 cm³/mol. The van der Waals surface area contributed by atoms with Gasteiger partial charge in [-0.2, -0.15) is 0 Å². The molecular weight excluding hydrogens is 337 g/mol. The third-order valence-corrected chi connectivity index (χ3v) is 4.88. The van der Waals surface area contributed by atoms with E-state index < -0.39 is 0 Å². The van der Waals surface area contributed by atoms with Gasteiger partial charge in [0.15, 0.2) is 0 Å². The first-order valence-electron chi connectivity index (χ1n) is 9.07. The minimum atomic E-state index is -0.201. The lowest BCUT2D eigenvalue weighted by Crippen LogP contribution is -2.17. The fraction of sp³-hybridized carbons (Fsp3) is 0.167. The summed E-state index contributed by atoms with van der Waals surface area (Å²) >= 11 is 0. The molecule has 0 aliphatic carbocycles. The van der Waals surface area contributed by atoms with Gasteiger partial charge >= 0.3 is 0 Å². The van der Waals surface area contributed by atoms with Crippen LogP contribution >= 0.6 is 0 Å². The molecule has 3 heteroatoms. The van der Waals surface area contributed by atoms with Gasteiger partial charge < -0.3 is 9.32 Å². The predicted octanol–water partition coefficient (Wildman–Crippen LogP) is 6.49. The van der Waals surface area contributed by atoms with E-state index in [1.54, 1.807) is 6.07 Å². The fourth-order valence-corrected chi connectivity index (χ4v) is 3.42. The molecule has 4 rings (SSSR count). The first-order valence-corrected chi connectivity index (χ1v) is 9.07. The van der Waals surface area contributed by atoms with Crippen molar-refractivity contribution in [3.63, 3.8) is 0 Å². The van der Waals surface area contributed by atoms with Crippen molar-refractivity contribution < 1.29 is 8.81 Å². The quantitative estimate of drug-likeness (QED) is 0.414. The van der Waals surface area contributed by atoms with Crippen LogP contribution in [0.5, 0.6) is 0 Å². The summed E-state index contributed by atoms with van der Waals surface area (Å²) in [5, 5.41) is 1.08. The molecule has 1 aromatic heterocycles. The van der Waals surface area contributed by atoms with E-state index in [0.29, 0.717) is 12.1 Å². The lowest BCUT2D eigenvalue weighted by molar-refractivity contribution is 0.581. The average molecular weight is 359 g/mol. The number of rotatable bonds is 4. The maximum atomic E-state index is 14.1. The Kier molecular flexibility index (Phi) is 4.44. The second-order valence-corrected chi connectivity index (χ2v) is 7.10. The first kappa shape index (κ1) is 17.3. The molecule has 0 radical (unpaired) electrons. The van der Waals surface area contributed by atoms with Gasteiger partial charge in [0.2, 0.25) is 5.88 Å². The van der Waals surface area contributed by atoms with Crippen LogP contribution in [0.3, 0.4) is 0 Å². The summed E-state index contributed by atoms with van der Waals surface area (Å²) in [5.41, 5.74) is 6.02. The van der Waals surface area contributed by atoms with Crippen molar-refractivity contribution >= 4 is 16.9 Å². The maximum absolute atomic E-state index is 14.1. The molecule has 2 nitrogen and oxygen atoms in total. The zero-order valence-corrected chi connectivity index (χ0v) is 15.8. The number of hydrogen-bond acceptors (Lipinski definition) is 2. The molecule has 1 heterocycles. The highest BCUT2D eigenvalue weighted by atomic mass is 19.1. The summed E-state index contributed by atoms with van der Waals surface area (Å²) in [6.07, 6.45) is 0. The number of anilines is 1. The van der Waals surface area contributed by atoms with Crippen LogP contribution in [0.25, 0.3) is 22.1 Å². The van der Waals surface area contributed by atoms with E-state index in [4.69, 9.17) is 4.42 Å². The first-order chi connectivity index (χ1) is 13.0. The summed E-state index contributed by atoms with van der Waals surface area (Å²) < 4.78 is 20.3. The van der Waals surface area contributed by atoms with Crippen molar-refractivity contribution in [2.45, 2.75) is 20.4 Å². The highest BCUT2D eigenvalue weighted by molar-refractivity contribution is 6.00. The molecule has 0 saturated carbocycles. The van der Waals surface area contributed by atoms with Crippen LogP contribution in [0.4, 0.5) is 10.3 Å². The Balaban J connectivity index is 1.85. The van der Waals surface area contributed by atoms with Crippen LogP contribution in [-0.4, -0.2) is 7.05 Å². The van der Waals surface area contributed by atoms with E-state index in [2.05, 4.69) is 44.2 Å². The number of aryl methyl sites for hydroxylation is 2. The second-order valence-electron chi connectivity index (χ2n) is 7.10. The van der Waals surface area contributed by atoms with E-state index >= 15 is 0 Å². The van der Waals surface area contributed by atoms with E-state index in [-0.39, 0.29) is 5.82 Å². The lowest BCUT2D eigenvalue weighted by Gasteiger charge is -2.18. The maximum Gasteiger partial charge on any atom is 0.204 e. The largest absolute Gasteiger partial charge is 0.440 e. The number of furan rings is 1. The normalized spacial score (nSPS) is 11.1. The summed E-state index contributed by atoms with van der Waals surface area (Å²) in [7, 11) is 1.94. The number of hydrogen-bond donors (Lipinski definition) is 0. The summed E-state index contributed by atoms with van der Waals surface area (Å²) in [5.74, 6) is 0.552. The van der Waals surface area contributed by atoms with Crippen molar-refractivity contribution in [1.29, 1.82) is 0 Å². The summed E-state index contributed by atoms with van der Waals surface area (Å²) in [6, 6.07) is 21.5. The van der Waals surface area contributed by atoms with Gasteiger partial charge in [-0.3, -0.25) is 0 Å². The molecule has 136 valence electrons. The minimum Gasteiger partial charge on any atom is -0.440 e. The molecule has 0 amide bonds. The molecular formula is C24H22FNO. The van der Waals surface area contributed by atoms with Crippen LogP contribution in [0.1, 0.15) is 16.7 Å². The van der Waals surface area contributed by atoms with Gasteiger partial charge in [0, 0.05) is 24.5 Å². The second kappa shape index (κ2) is 6.92. The van der Waals surface area contributed by atoms with Crippen LogP contribution in [-0.2, 0) is 6.54 Å². The molecule has 0 aliphatic rings. The summed E-state index contributed by atoms with van der Waals surface area (Å²) in [6.45, 7) is 4.59. The van der Waals surface area contributed by atoms with Crippen LogP contribution < -0.4 is 4.90 Å². The Morgan fingerprint density at radius 1 is 0.889 bits per heavy atom. The molecule has 0 saturated heterocycles. The Morgan fingerprint density at radius 3 is 2.33 bits per heavy atom. The van der Waals surface area contributed by atoms with Crippen molar-refractivity contribution in [3.8, 4) is 11.1 Å². The number of nitrogens with zero attached hydrogens (tertiary/aromatic N) is 1. The molecule has 0 N–H and O–H groups in total. The Morgan fingerprint density at radius 2 is 1.59 bits per heavy atom. The van der Waals surface area contributed by atoms with E-state index in [1.807, 2.05) is 36.2 Å². The van der Waals surface area contributed by atoms with Gasteiger partial charge in [-0.15, -0.1) is 0 Å². The van der Waals surface area contributed by atoms with Gasteiger partial charge in [-0.1, -0.05) is 59.7 Å². The van der Waals surface area contributed by atoms with Crippen LogP contribution in [0, 0.1) is 19.7 Å². The number of halogens is 1. The van der Waals surface area contributed by atoms with Crippen LogP contribution in [0.2, 0.25) is 0 Å². The van der Waals surface area contributed by atoms with Gasteiger partial charge in [0.05, 0.1) is 5.56 Å². The SMILES string of the molecule is Cc1ccc(-c2c(N(C)Cc3ccccc3F)oc3ccc(C)cc23)cc1. The highest BCUT2D eigenvalue weighted by Gasteiger charge is 2.20. The minimum absolute atomic E-state index is 0.201. The molecule has 0 fully saturated rings. The molecule has 3 aromatic carbocycles. The van der Waals surface area contributed by atoms with Gasteiger partial charge in [0.1, 0.15) is 11.4 Å². The van der Waals surface area contributed by atoms with Crippen molar-refractivity contribution in [2.24, 2.45) is 0 Å². The van der Waals surface area contributed by atoms with E-state index in [1.165, 1.54) is 17.2 Å². The molecule has 0 atom stereocenters. The number of benzene rings is 3. The molecule has 0 aliphatic heterocycles. The molecule has 0 bridgehead atoms. The van der Waals surface area contributed by atoms with Crippen LogP contribution in [0.15, 0.2) is 71.1 Å². The fourth-order valence-electron chi connectivity index (χ4n) is 3.42. The van der Waals surface area contributed by atoms with Gasteiger partial charge in [0.25, 0.3) is 0 Å². The molecule has 0 spiro atoms. The molecule has 4 aromatic rings. The third kappa shape index (κ3) is 3.33. The standard InChI is InChI=1S/C24H22FNO/c1-16-8-11-18(12-9-16)23-20-14-17(2)10-13-22(20)27-24(23)26(3)15-19-6-4-5-7-21(19)25/h4-14H,15H2,1-3H3.